The van der Waals surface area contributed by atoms with Gasteiger partial charge in [0, 0.05) is 24.1 Å². The van der Waals surface area contributed by atoms with E-state index >= 15 is 0 Å². The highest BCUT2D eigenvalue weighted by Gasteiger charge is 2.37. The Hall–Kier alpha value is -3.59. The van der Waals surface area contributed by atoms with Gasteiger partial charge in [0.05, 0.1) is 41.0 Å². The molecule has 0 saturated carbocycles. The van der Waals surface area contributed by atoms with E-state index in [4.69, 9.17) is 14.5 Å². The number of nitrogens with one attached hydrogen (secondary N) is 1. The number of hydrogen-bond acceptors (Lipinski definition) is 6. The van der Waals surface area contributed by atoms with Crippen LogP contribution in [0.2, 0.25) is 0 Å². The molecule has 1 N–H and O–H groups in total. The van der Waals surface area contributed by atoms with E-state index in [2.05, 4.69) is 5.32 Å². The Morgan fingerprint density at radius 2 is 2.08 bits per heavy atom. The van der Waals surface area contributed by atoms with E-state index in [0.717, 1.165) is 22.1 Å². The average Bonchev–Trinajstić information content (AvgIpc) is 3.22. The number of hydrogen-bond donors (Lipinski definition) is 1. The molecule has 0 fully saturated rings. The first-order valence-corrected chi connectivity index (χ1v) is 12.2. The van der Waals surface area contributed by atoms with Crippen molar-refractivity contribution in [2.75, 3.05) is 13.7 Å². The van der Waals surface area contributed by atoms with Gasteiger partial charge in [-0.2, -0.15) is 0 Å². The molecule has 4 heterocycles. The molecule has 2 aliphatic heterocycles. The van der Waals surface area contributed by atoms with Crippen LogP contribution < -0.4 is 10.9 Å². The molecule has 0 spiro atoms. The molecule has 0 radical (unpaired) electrons. The molecule has 9 heteroatoms. The van der Waals surface area contributed by atoms with Crippen LogP contribution in [0.25, 0.3) is 22.3 Å². The normalized spacial score (nSPS) is 19.5. The van der Waals surface area contributed by atoms with E-state index in [1.54, 1.807) is 11.5 Å². The number of carbonyl (C=O) groups is 2. The van der Waals surface area contributed by atoms with Gasteiger partial charge in [0.25, 0.3) is 5.56 Å². The molecule has 1 aliphatic carbocycles. The number of ether oxygens (including phenoxy) is 2. The summed E-state index contributed by atoms with van der Waals surface area (Å²) < 4.78 is 26.9. The third-order valence-corrected chi connectivity index (χ3v) is 7.81. The topological polar surface area (TPSA) is 99.5 Å². The maximum Gasteiger partial charge on any atom is 0.313 e. The zero-order valence-corrected chi connectivity index (χ0v) is 20.4. The van der Waals surface area contributed by atoms with Gasteiger partial charge in [0.2, 0.25) is 5.91 Å². The number of aryl methyl sites for hydroxylation is 1. The van der Waals surface area contributed by atoms with Crippen molar-refractivity contribution < 1.29 is 23.5 Å². The summed E-state index contributed by atoms with van der Waals surface area (Å²) in [7, 11) is 1.47. The number of esters is 1. The average molecular weight is 492 g/mol. The van der Waals surface area contributed by atoms with Gasteiger partial charge >= 0.3 is 5.97 Å². The predicted octanol–water partition coefficient (Wildman–Crippen LogP) is 3.17. The lowest BCUT2D eigenvalue weighted by atomic mass is 9.81. The van der Waals surface area contributed by atoms with Crippen LogP contribution in [0.15, 0.2) is 16.9 Å². The largest absolute Gasteiger partial charge is 0.460 e. The molecule has 36 heavy (non-hydrogen) atoms. The summed E-state index contributed by atoms with van der Waals surface area (Å²) in [6.07, 6.45) is 1.71. The second-order valence-corrected chi connectivity index (χ2v) is 9.72. The van der Waals surface area contributed by atoms with Crippen LogP contribution in [-0.4, -0.2) is 35.1 Å². The third kappa shape index (κ3) is 3.15. The highest BCUT2D eigenvalue weighted by atomic mass is 19.1. The number of nitrogens with zero attached hydrogens (tertiary/aromatic N) is 2. The quantitative estimate of drug-likeness (QED) is 0.440. The van der Waals surface area contributed by atoms with Gasteiger partial charge in [-0.05, 0) is 54.5 Å². The Bertz CT molecular complexity index is 1540. The Labute approximate surface area is 206 Å². The van der Waals surface area contributed by atoms with E-state index in [1.807, 2.05) is 13.0 Å². The number of cyclic esters (lactones) is 1. The molecule has 2 aromatic heterocycles. The van der Waals surface area contributed by atoms with Crippen molar-refractivity contribution in [3.63, 3.8) is 0 Å². The summed E-state index contributed by atoms with van der Waals surface area (Å²) in [4.78, 5) is 43.3. The summed E-state index contributed by atoms with van der Waals surface area (Å²) >= 11 is 0. The van der Waals surface area contributed by atoms with Crippen molar-refractivity contribution in [3.05, 3.63) is 61.7 Å². The Balaban J connectivity index is 1.62. The van der Waals surface area contributed by atoms with Crippen LogP contribution >= 0.6 is 0 Å². The molecule has 2 atom stereocenters. The van der Waals surface area contributed by atoms with E-state index < -0.39 is 5.92 Å². The van der Waals surface area contributed by atoms with Crippen LogP contribution in [0.4, 0.5) is 4.39 Å². The molecule has 0 saturated heterocycles. The summed E-state index contributed by atoms with van der Waals surface area (Å²) in [5, 5.41) is 3.91. The summed E-state index contributed by atoms with van der Waals surface area (Å²) in [5.74, 6) is -1.42. The van der Waals surface area contributed by atoms with E-state index in [-0.39, 0.29) is 49.1 Å². The van der Waals surface area contributed by atoms with Crippen molar-refractivity contribution >= 4 is 22.8 Å². The minimum absolute atomic E-state index is 0.0490. The molecule has 8 nitrogen and oxygen atoms in total. The van der Waals surface area contributed by atoms with Crippen LogP contribution in [0, 0.1) is 12.7 Å². The van der Waals surface area contributed by atoms with Gasteiger partial charge in [0.15, 0.2) is 0 Å². The van der Waals surface area contributed by atoms with Crippen LogP contribution in [-0.2, 0) is 38.6 Å². The minimum atomic E-state index is -0.511. The number of amides is 1. The van der Waals surface area contributed by atoms with Gasteiger partial charge in [0.1, 0.15) is 19.0 Å². The molecule has 3 aromatic rings. The molecule has 0 bridgehead atoms. The van der Waals surface area contributed by atoms with Crippen molar-refractivity contribution in [1.29, 1.82) is 0 Å². The fourth-order valence-electron chi connectivity index (χ4n) is 6.09. The first kappa shape index (κ1) is 22.8. The zero-order chi connectivity index (χ0) is 25.3. The SMILES string of the molecule is CC[C@H]1C(=O)OCc2c1cc1n(c2=O)Cc2c-1nc1cc(F)c(C)c3c1c2[C@@H](NC(=O)COC)CC3. The van der Waals surface area contributed by atoms with Crippen LogP contribution in [0.5, 0.6) is 0 Å². The van der Waals surface area contributed by atoms with E-state index in [9.17, 15) is 18.8 Å². The third-order valence-electron chi connectivity index (χ3n) is 7.81. The molecular formula is C27H26FN3O5. The fraction of sp³-hybridized carbons (Fsp3) is 0.407. The number of rotatable bonds is 4. The maximum atomic E-state index is 14.9. The van der Waals surface area contributed by atoms with Gasteiger partial charge < -0.3 is 19.4 Å². The molecule has 6 rings (SSSR count). The number of methoxy groups -OCH3 is 1. The standard InChI is InChI=1S/C27H26FN3O5/c1-4-13-15-7-21-25-16(9-31(21)26(33)17(15)10-36-27(13)34)24-19(29-22(32)11-35-3)6-5-14-12(2)18(28)8-20(30-25)23(14)24/h7-8,13,19H,4-6,9-11H2,1-3H3,(H,29,32)/t13-,19+/m1/s1. The zero-order valence-electron chi connectivity index (χ0n) is 20.4. The van der Waals surface area contributed by atoms with Crippen molar-refractivity contribution in [2.24, 2.45) is 0 Å². The second kappa shape index (κ2) is 8.23. The number of pyridine rings is 2. The van der Waals surface area contributed by atoms with E-state index in [0.29, 0.717) is 52.9 Å². The van der Waals surface area contributed by atoms with Crippen LogP contribution in [0.1, 0.15) is 65.1 Å². The number of halogens is 1. The van der Waals surface area contributed by atoms with E-state index in [1.165, 1.54) is 13.2 Å². The van der Waals surface area contributed by atoms with Gasteiger partial charge in [-0.1, -0.05) is 6.92 Å². The highest BCUT2D eigenvalue weighted by molar-refractivity contribution is 5.93. The smallest absolute Gasteiger partial charge is 0.313 e. The summed E-state index contributed by atoms with van der Waals surface area (Å²) in [6, 6.07) is 2.98. The molecule has 1 amide bonds. The summed E-state index contributed by atoms with van der Waals surface area (Å²) in [6.45, 7) is 3.82. The molecular weight excluding hydrogens is 465 g/mol. The van der Waals surface area contributed by atoms with Crippen LogP contribution in [0.3, 0.4) is 0 Å². The number of benzene rings is 1. The molecule has 186 valence electrons. The fourth-order valence-corrected chi connectivity index (χ4v) is 6.09. The first-order valence-electron chi connectivity index (χ1n) is 12.2. The lowest BCUT2D eigenvalue weighted by molar-refractivity contribution is -0.148. The second-order valence-electron chi connectivity index (χ2n) is 9.72. The van der Waals surface area contributed by atoms with Crippen molar-refractivity contribution in [3.8, 4) is 11.4 Å². The Morgan fingerprint density at radius 3 is 2.83 bits per heavy atom. The predicted molar refractivity (Wildman–Crippen MR) is 129 cm³/mol. The number of aromatic nitrogens is 2. The molecule has 1 aromatic carbocycles. The minimum Gasteiger partial charge on any atom is -0.460 e. The van der Waals surface area contributed by atoms with Gasteiger partial charge in [-0.3, -0.25) is 14.4 Å². The highest BCUT2D eigenvalue weighted by Crippen LogP contribution is 2.45. The lowest BCUT2D eigenvalue weighted by Gasteiger charge is -2.29. The maximum absolute atomic E-state index is 14.9. The van der Waals surface area contributed by atoms with Crippen molar-refractivity contribution in [1.82, 2.24) is 14.9 Å². The Morgan fingerprint density at radius 1 is 1.28 bits per heavy atom. The summed E-state index contributed by atoms with van der Waals surface area (Å²) in [5.41, 5.74) is 5.85. The lowest BCUT2D eigenvalue weighted by Crippen LogP contribution is -2.34. The first-order chi connectivity index (χ1) is 17.3. The van der Waals surface area contributed by atoms with Gasteiger partial charge in [-0.25, -0.2) is 9.37 Å². The van der Waals surface area contributed by atoms with Gasteiger partial charge in [-0.15, -0.1) is 0 Å². The monoisotopic (exact) mass is 491 g/mol. The van der Waals surface area contributed by atoms with Crippen molar-refractivity contribution in [2.45, 2.75) is 58.2 Å². The molecule has 3 aliphatic rings. The Kier molecular flexibility index (Phi) is 5.22. The number of carbonyl (C=O) groups excluding carboxylic acids is 2. The number of fused-ring (bicyclic) bond motifs is 5. The molecule has 0 unspecified atom stereocenters.